The first-order valence-corrected chi connectivity index (χ1v) is 7.47. The average Bonchev–Trinajstić information content (AvgIpc) is 2.48. The fourth-order valence-corrected chi connectivity index (χ4v) is 2.47. The van der Waals surface area contributed by atoms with Gasteiger partial charge in [-0.05, 0) is 37.0 Å². The number of likely N-dealkylation sites (tertiary alicyclic amines) is 1. The molecule has 1 aliphatic heterocycles. The summed E-state index contributed by atoms with van der Waals surface area (Å²) >= 11 is 0. The predicted molar refractivity (Wildman–Crippen MR) is 79.0 cm³/mol. The maximum absolute atomic E-state index is 10.0. The highest BCUT2D eigenvalue weighted by atomic mass is 16.5. The topological polar surface area (TPSA) is 52.9 Å². The van der Waals surface area contributed by atoms with E-state index in [4.69, 9.17) is 4.74 Å². The predicted octanol–water partition coefficient (Wildman–Crippen LogP) is 1.45. The Morgan fingerprint density at radius 3 is 2.50 bits per heavy atom. The molecule has 0 saturated carbocycles. The molecule has 1 aromatic carbocycles. The fraction of sp³-hybridized carbons (Fsp3) is 0.625. The zero-order valence-electron chi connectivity index (χ0n) is 12.2. The van der Waals surface area contributed by atoms with E-state index in [2.05, 4.69) is 11.8 Å². The van der Waals surface area contributed by atoms with Crippen LogP contribution in [0.5, 0.6) is 5.75 Å². The number of hydrogen-bond acceptors (Lipinski definition) is 4. The van der Waals surface area contributed by atoms with Crippen molar-refractivity contribution in [3.8, 4) is 5.75 Å². The summed E-state index contributed by atoms with van der Waals surface area (Å²) in [6, 6.07) is 7.99. The number of hydrogen-bond donors (Lipinski definition) is 2. The molecule has 1 fully saturated rings. The van der Waals surface area contributed by atoms with Crippen LogP contribution in [0.1, 0.15) is 25.3 Å². The van der Waals surface area contributed by atoms with Crippen LogP contribution in [-0.2, 0) is 6.42 Å². The molecule has 1 atom stereocenters. The summed E-state index contributed by atoms with van der Waals surface area (Å²) in [4.78, 5) is 2.18. The molecule has 0 radical (unpaired) electrons. The van der Waals surface area contributed by atoms with Gasteiger partial charge in [-0.1, -0.05) is 19.1 Å². The monoisotopic (exact) mass is 279 g/mol. The van der Waals surface area contributed by atoms with Crippen LogP contribution in [-0.4, -0.2) is 53.6 Å². The number of aliphatic hydroxyl groups is 2. The van der Waals surface area contributed by atoms with Crippen LogP contribution in [0.25, 0.3) is 0 Å². The SMILES string of the molecule is CCc1ccc(OC[C@@H](O)CN2CCC(O)CC2)cc1. The van der Waals surface area contributed by atoms with Crippen LogP contribution >= 0.6 is 0 Å². The molecule has 1 saturated heterocycles. The minimum atomic E-state index is -0.490. The smallest absolute Gasteiger partial charge is 0.119 e. The van der Waals surface area contributed by atoms with Crippen molar-refractivity contribution in [3.05, 3.63) is 29.8 Å². The summed E-state index contributed by atoms with van der Waals surface area (Å²) in [6.45, 7) is 4.74. The minimum absolute atomic E-state index is 0.170. The zero-order valence-corrected chi connectivity index (χ0v) is 12.2. The van der Waals surface area contributed by atoms with Crippen LogP contribution in [0.3, 0.4) is 0 Å². The molecule has 0 amide bonds. The maximum Gasteiger partial charge on any atom is 0.119 e. The number of rotatable bonds is 6. The highest BCUT2D eigenvalue weighted by molar-refractivity contribution is 5.27. The van der Waals surface area contributed by atoms with Gasteiger partial charge in [0.1, 0.15) is 18.5 Å². The molecule has 2 rings (SSSR count). The van der Waals surface area contributed by atoms with Crippen LogP contribution in [0.2, 0.25) is 0 Å². The number of aryl methyl sites for hydroxylation is 1. The summed E-state index contributed by atoms with van der Waals surface area (Å²) in [5.41, 5.74) is 1.28. The van der Waals surface area contributed by atoms with E-state index in [1.165, 1.54) is 5.56 Å². The van der Waals surface area contributed by atoms with Gasteiger partial charge in [-0.25, -0.2) is 0 Å². The third-order valence-corrected chi connectivity index (χ3v) is 3.80. The highest BCUT2D eigenvalue weighted by Gasteiger charge is 2.19. The Labute approximate surface area is 121 Å². The van der Waals surface area contributed by atoms with E-state index in [0.29, 0.717) is 13.2 Å². The average molecular weight is 279 g/mol. The van der Waals surface area contributed by atoms with E-state index in [0.717, 1.165) is 38.1 Å². The van der Waals surface area contributed by atoms with Crippen LogP contribution in [0, 0.1) is 0 Å². The zero-order chi connectivity index (χ0) is 14.4. The van der Waals surface area contributed by atoms with E-state index in [-0.39, 0.29) is 6.10 Å². The van der Waals surface area contributed by atoms with E-state index in [9.17, 15) is 10.2 Å². The lowest BCUT2D eigenvalue weighted by Crippen LogP contribution is -2.41. The summed E-state index contributed by atoms with van der Waals surface area (Å²) in [5.74, 6) is 0.801. The molecular weight excluding hydrogens is 254 g/mol. The Kier molecular flexibility index (Phi) is 5.83. The van der Waals surface area contributed by atoms with Gasteiger partial charge >= 0.3 is 0 Å². The quantitative estimate of drug-likeness (QED) is 0.827. The number of piperidine rings is 1. The molecule has 4 heteroatoms. The maximum atomic E-state index is 10.0. The molecule has 112 valence electrons. The standard InChI is InChI=1S/C16H25NO3/c1-2-13-3-5-16(6-4-13)20-12-15(19)11-17-9-7-14(18)8-10-17/h3-6,14-15,18-19H,2,7-12H2,1H3/t15-/m0/s1. The number of ether oxygens (including phenoxy) is 1. The first-order chi connectivity index (χ1) is 9.67. The third kappa shape index (κ3) is 4.78. The number of aliphatic hydroxyl groups excluding tert-OH is 2. The molecule has 2 N–H and O–H groups in total. The van der Waals surface area contributed by atoms with Gasteiger partial charge in [0.2, 0.25) is 0 Å². The lowest BCUT2D eigenvalue weighted by Gasteiger charge is -2.30. The molecule has 0 aliphatic carbocycles. The number of nitrogens with zero attached hydrogens (tertiary/aromatic N) is 1. The Bertz CT molecular complexity index is 385. The Hall–Kier alpha value is -1.10. The Balaban J connectivity index is 1.70. The molecule has 20 heavy (non-hydrogen) atoms. The van der Waals surface area contributed by atoms with Crippen LogP contribution in [0.4, 0.5) is 0 Å². The Morgan fingerprint density at radius 2 is 1.90 bits per heavy atom. The van der Waals surface area contributed by atoms with Gasteiger partial charge in [-0.2, -0.15) is 0 Å². The first kappa shape index (κ1) is 15.3. The van der Waals surface area contributed by atoms with Gasteiger partial charge < -0.3 is 19.8 Å². The molecule has 1 aromatic rings. The normalized spacial score (nSPS) is 18.9. The van der Waals surface area contributed by atoms with Crippen molar-refractivity contribution < 1.29 is 14.9 Å². The van der Waals surface area contributed by atoms with Crippen LogP contribution < -0.4 is 4.74 Å². The van der Waals surface area contributed by atoms with E-state index < -0.39 is 6.10 Å². The number of benzene rings is 1. The summed E-state index contributed by atoms with van der Waals surface area (Å²) < 4.78 is 5.60. The first-order valence-electron chi connectivity index (χ1n) is 7.47. The van der Waals surface area contributed by atoms with Gasteiger partial charge in [0.05, 0.1) is 6.10 Å². The van der Waals surface area contributed by atoms with Gasteiger partial charge in [0.25, 0.3) is 0 Å². The summed E-state index contributed by atoms with van der Waals surface area (Å²) in [5, 5.41) is 19.4. The lowest BCUT2D eigenvalue weighted by atomic mass is 10.1. The summed E-state index contributed by atoms with van der Waals surface area (Å²) in [7, 11) is 0. The van der Waals surface area contributed by atoms with Gasteiger partial charge in [-0.15, -0.1) is 0 Å². The lowest BCUT2D eigenvalue weighted by molar-refractivity contribution is 0.0337. The molecule has 0 aromatic heterocycles. The largest absolute Gasteiger partial charge is 0.491 e. The second-order valence-corrected chi connectivity index (χ2v) is 5.49. The van der Waals surface area contributed by atoms with Crippen molar-refractivity contribution >= 4 is 0 Å². The van der Waals surface area contributed by atoms with Crippen molar-refractivity contribution in [1.82, 2.24) is 4.90 Å². The van der Waals surface area contributed by atoms with Crippen molar-refractivity contribution in [2.75, 3.05) is 26.2 Å². The van der Waals surface area contributed by atoms with E-state index in [1.54, 1.807) is 0 Å². The third-order valence-electron chi connectivity index (χ3n) is 3.80. The van der Waals surface area contributed by atoms with Gasteiger partial charge in [0.15, 0.2) is 0 Å². The molecule has 4 nitrogen and oxygen atoms in total. The van der Waals surface area contributed by atoms with Crippen molar-refractivity contribution in [1.29, 1.82) is 0 Å². The molecule has 0 bridgehead atoms. The fourth-order valence-electron chi connectivity index (χ4n) is 2.47. The second kappa shape index (κ2) is 7.62. The van der Waals surface area contributed by atoms with Gasteiger partial charge in [-0.3, -0.25) is 0 Å². The van der Waals surface area contributed by atoms with E-state index >= 15 is 0 Å². The van der Waals surface area contributed by atoms with Crippen molar-refractivity contribution in [2.24, 2.45) is 0 Å². The van der Waals surface area contributed by atoms with Crippen molar-refractivity contribution in [2.45, 2.75) is 38.4 Å². The molecule has 0 spiro atoms. The molecule has 1 aliphatic rings. The second-order valence-electron chi connectivity index (χ2n) is 5.49. The Morgan fingerprint density at radius 1 is 1.25 bits per heavy atom. The number of β-amino-alcohol motifs (C(OH)–C–C–N with tert-alkyl or cyclic N) is 1. The molecular formula is C16H25NO3. The minimum Gasteiger partial charge on any atom is -0.491 e. The highest BCUT2D eigenvalue weighted by Crippen LogP contribution is 2.14. The van der Waals surface area contributed by atoms with E-state index in [1.807, 2.05) is 24.3 Å². The molecule has 0 unspecified atom stereocenters. The van der Waals surface area contributed by atoms with Crippen LogP contribution in [0.15, 0.2) is 24.3 Å². The molecule has 1 heterocycles. The van der Waals surface area contributed by atoms with Gasteiger partial charge in [0, 0.05) is 19.6 Å². The van der Waals surface area contributed by atoms with Crippen molar-refractivity contribution in [3.63, 3.8) is 0 Å². The summed E-state index contributed by atoms with van der Waals surface area (Å²) in [6.07, 6.45) is 1.95.